The number of ether oxygens (including phenoxy) is 3. The number of nitrogens with zero attached hydrogens (tertiary/aromatic N) is 1. The van der Waals surface area contributed by atoms with Crippen molar-refractivity contribution in [3.05, 3.63) is 59.7 Å². The fourth-order valence-corrected chi connectivity index (χ4v) is 2.94. The van der Waals surface area contributed by atoms with Crippen LogP contribution in [-0.2, 0) is 11.3 Å². The normalized spacial score (nSPS) is 11.9. The third-order valence-electron chi connectivity index (χ3n) is 4.49. The third kappa shape index (κ3) is 8.39. The van der Waals surface area contributed by atoms with Gasteiger partial charge < -0.3 is 24.8 Å². The summed E-state index contributed by atoms with van der Waals surface area (Å²) in [5, 5.41) is 6.63. The maximum atomic E-state index is 5.92. The lowest BCUT2D eigenvalue weighted by atomic mass is 10.1. The van der Waals surface area contributed by atoms with Gasteiger partial charge in [-0.25, -0.2) is 4.99 Å². The van der Waals surface area contributed by atoms with Crippen molar-refractivity contribution in [2.75, 3.05) is 33.9 Å². The van der Waals surface area contributed by atoms with E-state index in [1.807, 2.05) is 43.3 Å². The standard InChI is InChI=1S/C23H33N3O3.HI/c1-5-24-23(26-17-20-13-9-14-21(27-3)22(20)28-4)25-15-10-16-29-18(2)19-11-7-6-8-12-19;/h6-9,11-14,18H,5,10,15-17H2,1-4H3,(H2,24,25,26);1H. The second-order valence-corrected chi connectivity index (χ2v) is 6.55. The first-order chi connectivity index (χ1) is 14.2. The summed E-state index contributed by atoms with van der Waals surface area (Å²) >= 11 is 0. The maximum absolute atomic E-state index is 5.92. The van der Waals surface area contributed by atoms with Crippen LogP contribution < -0.4 is 20.1 Å². The summed E-state index contributed by atoms with van der Waals surface area (Å²) in [6.45, 7) is 6.89. The van der Waals surface area contributed by atoms with Crippen LogP contribution in [0.2, 0.25) is 0 Å². The van der Waals surface area contributed by atoms with Crippen molar-refractivity contribution >= 4 is 29.9 Å². The Morgan fingerprint density at radius 1 is 1.00 bits per heavy atom. The highest BCUT2D eigenvalue weighted by atomic mass is 127. The minimum atomic E-state index is 0. The van der Waals surface area contributed by atoms with Crippen molar-refractivity contribution in [2.45, 2.75) is 32.9 Å². The fourth-order valence-electron chi connectivity index (χ4n) is 2.94. The number of rotatable bonds is 11. The topological polar surface area (TPSA) is 64.1 Å². The van der Waals surface area contributed by atoms with E-state index in [2.05, 4.69) is 34.7 Å². The Balaban J connectivity index is 0.00000450. The molecule has 0 saturated heterocycles. The first-order valence-corrected chi connectivity index (χ1v) is 10.1. The summed E-state index contributed by atoms with van der Waals surface area (Å²) in [6.07, 6.45) is 0.989. The van der Waals surface area contributed by atoms with E-state index in [0.29, 0.717) is 18.9 Å². The van der Waals surface area contributed by atoms with Gasteiger partial charge in [0.05, 0.1) is 26.9 Å². The van der Waals surface area contributed by atoms with Gasteiger partial charge in [-0.3, -0.25) is 0 Å². The number of guanidine groups is 1. The lowest BCUT2D eigenvalue weighted by Crippen LogP contribution is -2.38. The smallest absolute Gasteiger partial charge is 0.191 e. The average Bonchev–Trinajstić information content (AvgIpc) is 2.77. The number of hydrogen-bond acceptors (Lipinski definition) is 4. The van der Waals surface area contributed by atoms with Gasteiger partial charge in [0.25, 0.3) is 0 Å². The number of methoxy groups -OCH3 is 2. The average molecular weight is 527 g/mol. The van der Waals surface area contributed by atoms with Gasteiger partial charge in [-0.2, -0.15) is 0 Å². The molecule has 0 heterocycles. The van der Waals surface area contributed by atoms with E-state index in [-0.39, 0.29) is 30.1 Å². The first-order valence-electron chi connectivity index (χ1n) is 10.1. The molecule has 7 heteroatoms. The molecule has 0 spiro atoms. The van der Waals surface area contributed by atoms with Gasteiger partial charge in [0.15, 0.2) is 17.5 Å². The minimum absolute atomic E-state index is 0. The Labute approximate surface area is 197 Å². The summed E-state index contributed by atoms with van der Waals surface area (Å²) in [6, 6.07) is 16.1. The van der Waals surface area contributed by atoms with Crippen LogP contribution in [0.4, 0.5) is 0 Å². The van der Waals surface area contributed by atoms with Crippen LogP contribution >= 0.6 is 24.0 Å². The summed E-state index contributed by atoms with van der Waals surface area (Å²) in [5.74, 6) is 2.20. The van der Waals surface area contributed by atoms with Crippen LogP contribution in [0.25, 0.3) is 0 Å². The SMILES string of the molecule is CCNC(=NCc1cccc(OC)c1OC)NCCCOC(C)c1ccccc1.I. The molecule has 30 heavy (non-hydrogen) atoms. The Morgan fingerprint density at radius 2 is 1.77 bits per heavy atom. The van der Waals surface area contributed by atoms with E-state index in [1.54, 1.807) is 14.2 Å². The molecule has 0 aromatic heterocycles. The molecule has 2 aromatic rings. The highest BCUT2D eigenvalue weighted by Crippen LogP contribution is 2.31. The summed E-state index contributed by atoms with van der Waals surface area (Å²) < 4.78 is 16.8. The van der Waals surface area contributed by atoms with E-state index in [4.69, 9.17) is 14.2 Å². The third-order valence-corrected chi connectivity index (χ3v) is 4.49. The molecule has 166 valence electrons. The van der Waals surface area contributed by atoms with Crippen molar-refractivity contribution in [2.24, 2.45) is 4.99 Å². The molecule has 6 nitrogen and oxygen atoms in total. The first kappa shape index (κ1) is 26.0. The molecule has 2 aromatic carbocycles. The van der Waals surface area contributed by atoms with Crippen LogP contribution in [0, 0.1) is 0 Å². The zero-order valence-electron chi connectivity index (χ0n) is 18.3. The molecule has 0 amide bonds. The monoisotopic (exact) mass is 527 g/mol. The number of hydrogen-bond donors (Lipinski definition) is 2. The van der Waals surface area contributed by atoms with E-state index in [9.17, 15) is 0 Å². The molecule has 0 saturated carbocycles. The molecule has 0 bridgehead atoms. The van der Waals surface area contributed by atoms with Gasteiger partial charge in [0.2, 0.25) is 0 Å². The van der Waals surface area contributed by atoms with Crippen LogP contribution in [0.15, 0.2) is 53.5 Å². The van der Waals surface area contributed by atoms with Crippen molar-refractivity contribution in [1.82, 2.24) is 10.6 Å². The van der Waals surface area contributed by atoms with Gasteiger partial charge in [0.1, 0.15) is 0 Å². The predicted molar refractivity (Wildman–Crippen MR) is 133 cm³/mol. The van der Waals surface area contributed by atoms with Gasteiger partial charge in [-0.1, -0.05) is 42.5 Å². The number of para-hydroxylation sites is 1. The number of benzene rings is 2. The Morgan fingerprint density at radius 3 is 2.43 bits per heavy atom. The quantitative estimate of drug-likeness (QED) is 0.195. The zero-order chi connectivity index (χ0) is 20.9. The molecule has 0 aliphatic rings. The maximum Gasteiger partial charge on any atom is 0.191 e. The van der Waals surface area contributed by atoms with E-state index in [0.717, 1.165) is 36.8 Å². The van der Waals surface area contributed by atoms with E-state index in [1.165, 1.54) is 5.56 Å². The molecule has 0 aliphatic carbocycles. The lowest BCUT2D eigenvalue weighted by Gasteiger charge is -2.15. The van der Waals surface area contributed by atoms with Gasteiger partial charge in [-0.05, 0) is 31.9 Å². The summed E-state index contributed by atoms with van der Waals surface area (Å²) in [5.41, 5.74) is 2.17. The van der Waals surface area contributed by atoms with Gasteiger partial charge >= 0.3 is 0 Å². The van der Waals surface area contributed by atoms with Crippen molar-refractivity contribution in [1.29, 1.82) is 0 Å². The molecule has 2 N–H and O–H groups in total. The number of halogens is 1. The molecule has 1 atom stereocenters. The molecule has 0 radical (unpaired) electrons. The summed E-state index contributed by atoms with van der Waals surface area (Å²) in [7, 11) is 3.28. The van der Waals surface area contributed by atoms with Crippen molar-refractivity contribution < 1.29 is 14.2 Å². The highest BCUT2D eigenvalue weighted by Gasteiger charge is 2.09. The minimum Gasteiger partial charge on any atom is -0.493 e. The summed E-state index contributed by atoms with van der Waals surface area (Å²) in [4.78, 5) is 4.67. The molecule has 0 aliphatic heterocycles. The highest BCUT2D eigenvalue weighted by molar-refractivity contribution is 14.0. The zero-order valence-corrected chi connectivity index (χ0v) is 20.6. The second kappa shape index (κ2) is 14.9. The van der Waals surface area contributed by atoms with Gasteiger partial charge in [0, 0.05) is 25.3 Å². The van der Waals surface area contributed by atoms with Crippen LogP contribution in [0.3, 0.4) is 0 Å². The van der Waals surface area contributed by atoms with Crippen LogP contribution in [-0.4, -0.2) is 39.9 Å². The lowest BCUT2D eigenvalue weighted by molar-refractivity contribution is 0.0646. The van der Waals surface area contributed by atoms with Crippen LogP contribution in [0.1, 0.15) is 37.5 Å². The van der Waals surface area contributed by atoms with Crippen molar-refractivity contribution in [3.8, 4) is 11.5 Å². The fraction of sp³-hybridized carbons (Fsp3) is 0.435. The molecule has 0 fully saturated rings. The molecular formula is C23H34IN3O3. The van der Waals surface area contributed by atoms with E-state index >= 15 is 0 Å². The van der Waals surface area contributed by atoms with E-state index < -0.39 is 0 Å². The molecule has 1 unspecified atom stereocenters. The molecular weight excluding hydrogens is 493 g/mol. The Bertz CT molecular complexity index is 757. The van der Waals surface area contributed by atoms with Crippen molar-refractivity contribution in [3.63, 3.8) is 0 Å². The number of nitrogens with one attached hydrogen (secondary N) is 2. The molecule has 2 rings (SSSR count). The van der Waals surface area contributed by atoms with Gasteiger partial charge in [-0.15, -0.1) is 24.0 Å². The predicted octanol–water partition coefficient (Wildman–Crippen LogP) is 4.54. The Hall–Kier alpha value is -2.00. The van der Waals surface area contributed by atoms with Crippen LogP contribution in [0.5, 0.6) is 11.5 Å². The number of aliphatic imine (C=N–C) groups is 1. The largest absolute Gasteiger partial charge is 0.493 e. The Kier molecular flexibility index (Phi) is 12.9. The second-order valence-electron chi connectivity index (χ2n) is 6.55.